The minimum absolute atomic E-state index is 0.00894. The largest absolute Gasteiger partial charge is 0.319 e. The first-order chi connectivity index (χ1) is 14.5. The molecule has 0 saturated heterocycles. The molecule has 0 aromatic heterocycles. The summed E-state index contributed by atoms with van der Waals surface area (Å²) in [4.78, 5) is 35.6. The Kier molecular flexibility index (Phi) is 5.15. The van der Waals surface area contributed by atoms with E-state index in [1.54, 1.807) is 0 Å². The van der Waals surface area contributed by atoms with Crippen LogP contribution in [0.4, 0.5) is 5.69 Å². The van der Waals surface area contributed by atoms with Crippen molar-refractivity contribution in [2.75, 3.05) is 0 Å². The Morgan fingerprint density at radius 1 is 0.903 bits per heavy atom. The van der Waals surface area contributed by atoms with E-state index >= 15 is 0 Å². The summed E-state index contributed by atoms with van der Waals surface area (Å²) < 4.78 is 30.3. The summed E-state index contributed by atoms with van der Waals surface area (Å²) in [5.74, 6) is -2.27. The zero-order valence-electron chi connectivity index (χ0n) is 14.8. The van der Waals surface area contributed by atoms with E-state index in [0.29, 0.717) is 0 Å². The van der Waals surface area contributed by atoms with E-state index in [2.05, 4.69) is 0 Å². The second-order valence-corrected chi connectivity index (χ2v) is 9.00. The normalized spacial score (nSPS) is 13.7. The van der Waals surface area contributed by atoms with Gasteiger partial charge in [-0.15, -0.1) is 9.35 Å². The molecule has 9 nitrogen and oxygen atoms in total. The van der Waals surface area contributed by atoms with Gasteiger partial charge in [0.05, 0.1) is 31.1 Å². The molecule has 0 saturated carbocycles. The van der Waals surface area contributed by atoms with Crippen molar-refractivity contribution in [1.29, 1.82) is 0 Å². The molecule has 0 fully saturated rings. The molecule has 0 unspecified atom stereocenters. The maximum Gasteiger partial charge on any atom is 0.319 e. The van der Waals surface area contributed by atoms with Gasteiger partial charge < -0.3 is 0 Å². The van der Waals surface area contributed by atoms with E-state index in [1.165, 1.54) is 24.3 Å². The highest BCUT2D eigenvalue weighted by Crippen LogP contribution is 2.36. The number of carbonyl (C=O) groups is 2. The van der Waals surface area contributed by atoms with Gasteiger partial charge in [0.1, 0.15) is 4.90 Å². The Hall–Kier alpha value is -2.76. The third-order valence-electron chi connectivity index (χ3n) is 4.42. The monoisotopic (exact) mass is 500 g/mol. The molecule has 3 aromatic carbocycles. The summed E-state index contributed by atoms with van der Waals surface area (Å²) in [6, 6.07) is 8.35. The van der Waals surface area contributed by atoms with Crippen LogP contribution in [0.5, 0.6) is 0 Å². The maximum atomic E-state index is 12.9. The van der Waals surface area contributed by atoms with E-state index < -0.39 is 37.4 Å². The van der Waals surface area contributed by atoms with Crippen molar-refractivity contribution >= 4 is 73.2 Å². The predicted octanol–water partition coefficient (Wildman–Crippen LogP) is 4.62. The number of hydrogen-bond acceptors (Lipinski definition) is 7. The molecular weight excluding hydrogens is 495 g/mol. The number of amides is 2. The van der Waals surface area contributed by atoms with Gasteiger partial charge in [-0.25, -0.2) is 0 Å². The lowest BCUT2D eigenvalue weighted by atomic mass is 9.94. The molecule has 4 rings (SSSR count). The Labute approximate surface area is 188 Å². The molecule has 158 valence electrons. The van der Waals surface area contributed by atoms with Crippen LogP contribution in [0.1, 0.15) is 20.7 Å². The van der Waals surface area contributed by atoms with Crippen LogP contribution < -0.4 is 0 Å². The molecule has 0 N–H and O–H groups in total. The highest BCUT2D eigenvalue weighted by Gasteiger charge is 2.39. The van der Waals surface area contributed by atoms with Crippen molar-refractivity contribution in [2.45, 2.75) is 4.90 Å². The molecule has 1 aliphatic heterocycles. The third kappa shape index (κ3) is 3.52. The molecule has 13 heteroatoms. The number of nitro groups is 1. The van der Waals surface area contributed by atoms with Crippen LogP contribution in [0.25, 0.3) is 10.8 Å². The Bertz CT molecular complexity index is 1440. The molecule has 1 aliphatic rings. The molecular formula is C18H7Cl3N2O7S. The lowest BCUT2D eigenvalue weighted by Gasteiger charge is -2.25. The van der Waals surface area contributed by atoms with Crippen LogP contribution in [0.2, 0.25) is 15.1 Å². The van der Waals surface area contributed by atoms with Crippen molar-refractivity contribution < 1.29 is 27.2 Å². The second-order valence-electron chi connectivity index (χ2n) is 6.28. The van der Waals surface area contributed by atoms with Crippen LogP contribution in [0, 0.1) is 10.1 Å². The standard InChI is InChI=1S/C18H7Cl3N2O7S/c19-12-6-14(21)15(7-13(12)20)31(28,29)30-22-17(24)10-3-1-2-8-4-9(23(26)27)5-11(16(8)10)18(22)25/h1-7H. The fourth-order valence-corrected chi connectivity index (χ4v) is 4.94. The van der Waals surface area contributed by atoms with Gasteiger partial charge in [-0.2, -0.15) is 8.42 Å². The quantitative estimate of drug-likeness (QED) is 0.221. The highest BCUT2D eigenvalue weighted by atomic mass is 35.5. The van der Waals surface area contributed by atoms with Crippen LogP contribution in [-0.2, 0) is 14.4 Å². The lowest BCUT2D eigenvalue weighted by Crippen LogP contribution is -2.41. The summed E-state index contributed by atoms with van der Waals surface area (Å²) in [7, 11) is -4.82. The first kappa shape index (κ1) is 21.5. The van der Waals surface area contributed by atoms with E-state index in [-0.39, 0.29) is 42.0 Å². The number of nitro benzene ring substituents is 1. The zero-order chi connectivity index (χ0) is 22.7. The number of non-ortho nitro benzene ring substituents is 1. The number of nitrogens with zero attached hydrogens (tertiary/aromatic N) is 2. The number of carbonyl (C=O) groups excluding carboxylic acids is 2. The van der Waals surface area contributed by atoms with Crippen molar-refractivity contribution in [3.05, 3.63) is 78.8 Å². The summed E-state index contributed by atoms with van der Waals surface area (Å²) >= 11 is 17.5. The van der Waals surface area contributed by atoms with Crippen molar-refractivity contribution in [3.63, 3.8) is 0 Å². The van der Waals surface area contributed by atoms with Crippen molar-refractivity contribution in [1.82, 2.24) is 5.06 Å². The minimum atomic E-state index is -4.82. The number of rotatable bonds is 4. The average molecular weight is 502 g/mol. The van der Waals surface area contributed by atoms with Gasteiger partial charge in [0.15, 0.2) is 0 Å². The molecule has 31 heavy (non-hydrogen) atoms. The molecule has 0 bridgehead atoms. The van der Waals surface area contributed by atoms with Gasteiger partial charge in [0.2, 0.25) is 0 Å². The topological polar surface area (TPSA) is 124 Å². The SMILES string of the molecule is O=C1c2cccc3cc([N+](=O)[O-])cc(c23)C(=O)N1OS(=O)(=O)c1cc(Cl)c(Cl)cc1Cl. The average Bonchev–Trinajstić information content (AvgIpc) is 2.71. The number of hydrogen-bond donors (Lipinski definition) is 0. The third-order valence-corrected chi connectivity index (χ3v) is 6.79. The van der Waals surface area contributed by atoms with Gasteiger partial charge in [-0.3, -0.25) is 19.7 Å². The van der Waals surface area contributed by atoms with Crippen LogP contribution >= 0.6 is 34.8 Å². The van der Waals surface area contributed by atoms with E-state index in [9.17, 15) is 28.1 Å². The fourth-order valence-electron chi connectivity index (χ4n) is 3.08. The summed E-state index contributed by atoms with van der Waals surface area (Å²) in [5.41, 5.74) is -0.759. The number of imide groups is 1. The van der Waals surface area contributed by atoms with Crippen LogP contribution in [0.3, 0.4) is 0 Å². The summed E-state index contributed by atoms with van der Waals surface area (Å²) in [5, 5.41) is 11.1. The first-order valence-electron chi connectivity index (χ1n) is 8.20. The van der Waals surface area contributed by atoms with E-state index in [4.69, 9.17) is 39.1 Å². The molecule has 1 heterocycles. The van der Waals surface area contributed by atoms with Crippen LogP contribution in [0.15, 0.2) is 47.4 Å². The Morgan fingerprint density at radius 2 is 1.55 bits per heavy atom. The molecule has 0 atom stereocenters. The number of benzene rings is 3. The van der Waals surface area contributed by atoms with Crippen molar-refractivity contribution in [3.8, 4) is 0 Å². The predicted molar refractivity (Wildman–Crippen MR) is 111 cm³/mol. The molecule has 0 spiro atoms. The Morgan fingerprint density at radius 3 is 2.23 bits per heavy atom. The molecule has 0 aliphatic carbocycles. The van der Waals surface area contributed by atoms with Gasteiger partial charge in [0, 0.05) is 17.5 Å². The van der Waals surface area contributed by atoms with Gasteiger partial charge >= 0.3 is 10.1 Å². The first-order valence-corrected chi connectivity index (χ1v) is 10.7. The van der Waals surface area contributed by atoms with Crippen LogP contribution in [-0.4, -0.2) is 30.2 Å². The smallest absolute Gasteiger partial charge is 0.266 e. The van der Waals surface area contributed by atoms with E-state index in [1.807, 2.05) is 0 Å². The number of halogens is 3. The fraction of sp³-hybridized carbons (Fsp3) is 0. The second kappa shape index (κ2) is 7.43. The molecule has 3 aromatic rings. The van der Waals surface area contributed by atoms with Gasteiger partial charge in [0.25, 0.3) is 17.5 Å². The molecule has 0 radical (unpaired) electrons. The highest BCUT2D eigenvalue weighted by molar-refractivity contribution is 7.86. The molecule has 2 amide bonds. The lowest BCUT2D eigenvalue weighted by molar-refractivity contribution is -0.384. The van der Waals surface area contributed by atoms with Gasteiger partial charge in [-0.05, 0) is 23.6 Å². The zero-order valence-corrected chi connectivity index (χ0v) is 17.9. The van der Waals surface area contributed by atoms with E-state index in [0.717, 1.165) is 18.2 Å². The van der Waals surface area contributed by atoms with Crippen molar-refractivity contribution in [2.24, 2.45) is 0 Å². The summed E-state index contributed by atoms with van der Waals surface area (Å²) in [6.45, 7) is 0. The summed E-state index contributed by atoms with van der Waals surface area (Å²) in [6.07, 6.45) is 0. The number of hydroxylamine groups is 2. The Balaban J connectivity index is 1.84. The minimum Gasteiger partial charge on any atom is -0.266 e. The maximum absolute atomic E-state index is 12.9. The van der Waals surface area contributed by atoms with Gasteiger partial charge in [-0.1, -0.05) is 46.9 Å².